The van der Waals surface area contributed by atoms with E-state index < -0.39 is 0 Å². The largest absolute Gasteiger partial charge is 0.320 e. The van der Waals surface area contributed by atoms with Crippen molar-refractivity contribution in [2.75, 3.05) is 20.1 Å². The Morgan fingerprint density at radius 2 is 2.23 bits per heavy atom. The molecule has 1 aliphatic heterocycles. The minimum absolute atomic E-state index is 0.223. The molecule has 1 fully saturated rings. The van der Waals surface area contributed by atoms with E-state index in [1.165, 1.54) is 0 Å². The van der Waals surface area contributed by atoms with Gasteiger partial charge in [0.05, 0.1) is 38.5 Å². The highest BCUT2D eigenvalue weighted by Crippen LogP contribution is 2.24. The second-order valence-corrected chi connectivity index (χ2v) is 4.55. The molecule has 74 valence electrons. The molecular weight excluding hydrogens is 162 g/mol. The predicted octanol–water partition coefficient (Wildman–Crippen LogP) is 1.62. The number of nitrogens with zero attached hydrogens (tertiary/aromatic N) is 1. The highest BCUT2D eigenvalue weighted by molar-refractivity contribution is 5.81. The molecule has 0 saturated carbocycles. The van der Waals surface area contributed by atoms with Gasteiger partial charge >= 0.3 is 0 Å². The van der Waals surface area contributed by atoms with E-state index in [1.54, 1.807) is 0 Å². The summed E-state index contributed by atoms with van der Waals surface area (Å²) in [6.07, 6.45) is 2.69. The van der Waals surface area contributed by atoms with Crippen LogP contribution >= 0.6 is 0 Å². The van der Waals surface area contributed by atoms with E-state index in [0.717, 1.165) is 24.0 Å². The number of ketones is 1. The van der Waals surface area contributed by atoms with Crippen LogP contribution in [0.1, 0.15) is 20.3 Å². The topological polar surface area (TPSA) is 17.1 Å². The first-order chi connectivity index (χ1) is 5.99. The Balaban J connectivity index is 2.75. The van der Waals surface area contributed by atoms with Crippen molar-refractivity contribution < 1.29 is 9.28 Å². The van der Waals surface area contributed by atoms with Crippen molar-refractivity contribution in [3.63, 3.8) is 0 Å². The minimum atomic E-state index is 0.223. The maximum Gasteiger partial charge on any atom is 0.147 e. The second kappa shape index (κ2) is 3.62. The highest BCUT2D eigenvalue weighted by Gasteiger charge is 2.38. The van der Waals surface area contributed by atoms with E-state index in [2.05, 4.69) is 20.6 Å². The molecule has 0 unspecified atom stereocenters. The Kier molecular flexibility index (Phi) is 2.91. The fraction of sp³-hybridized carbons (Fsp3) is 0.727. The van der Waals surface area contributed by atoms with Crippen LogP contribution in [0.15, 0.2) is 12.7 Å². The summed E-state index contributed by atoms with van der Waals surface area (Å²) in [6.45, 7) is 9.91. The molecular formula is C11H20NO+. The van der Waals surface area contributed by atoms with Gasteiger partial charge in [-0.1, -0.05) is 13.5 Å². The monoisotopic (exact) mass is 182 g/mol. The van der Waals surface area contributed by atoms with E-state index in [1.807, 2.05) is 13.0 Å². The van der Waals surface area contributed by atoms with Crippen molar-refractivity contribution in [3.8, 4) is 0 Å². The highest BCUT2D eigenvalue weighted by atomic mass is 16.1. The molecule has 0 aliphatic carbocycles. The van der Waals surface area contributed by atoms with Gasteiger partial charge in [-0.25, -0.2) is 0 Å². The first kappa shape index (κ1) is 10.5. The van der Waals surface area contributed by atoms with Crippen LogP contribution in [0.25, 0.3) is 0 Å². The Bertz CT molecular complexity index is 224. The van der Waals surface area contributed by atoms with Crippen molar-refractivity contribution in [1.29, 1.82) is 0 Å². The predicted molar refractivity (Wildman–Crippen MR) is 54.4 cm³/mol. The van der Waals surface area contributed by atoms with Crippen LogP contribution in [0, 0.1) is 5.92 Å². The van der Waals surface area contributed by atoms with Gasteiger partial charge in [0.1, 0.15) is 5.78 Å². The summed E-state index contributed by atoms with van der Waals surface area (Å²) in [4.78, 5) is 11.5. The molecule has 0 N–H and O–H groups in total. The van der Waals surface area contributed by atoms with Crippen LogP contribution in [-0.4, -0.2) is 36.4 Å². The molecule has 1 rings (SSSR count). The standard InChI is InChI=1S/C11H20NO/c1-5-6-12(4)8-9(2)11(13)7-10(12)3/h5,9-10H,1,6-8H2,2-4H3/q+1/t9-,10+,12+/m0/s1. The third-order valence-corrected chi connectivity index (χ3v) is 3.35. The van der Waals surface area contributed by atoms with Crippen LogP contribution in [0.5, 0.6) is 0 Å². The maximum absolute atomic E-state index is 11.5. The third kappa shape index (κ3) is 1.99. The smallest absolute Gasteiger partial charge is 0.147 e. The van der Waals surface area contributed by atoms with E-state index in [-0.39, 0.29) is 5.92 Å². The normalized spacial score (nSPS) is 40.4. The van der Waals surface area contributed by atoms with Crippen molar-refractivity contribution in [3.05, 3.63) is 12.7 Å². The zero-order valence-electron chi connectivity index (χ0n) is 8.92. The molecule has 0 radical (unpaired) electrons. The summed E-state index contributed by atoms with van der Waals surface area (Å²) >= 11 is 0. The van der Waals surface area contributed by atoms with Crippen LogP contribution < -0.4 is 0 Å². The molecule has 1 heterocycles. The van der Waals surface area contributed by atoms with Gasteiger partial charge in [0.2, 0.25) is 0 Å². The molecule has 0 aromatic heterocycles. The molecule has 2 nitrogen and oxygen atoms in total. The summed E-state index contributed by atoms with van der Waals surface area (Å²) in [5, 5.41) is 0. The van der Waals surface area contributed by atoms with Crippen LogP contribution in [0.4, 0.5) is 0 Å². The lowest BCUT2D eigenvalue weighted by atomic mass is 9.91. The molecule has 3 atom stereocenters. The average Bonchev–Trinajstić information content (AvgIpc) is 2.02. The Labute approximate surface area is 80.8 Å². The van der Waals surface area contributed by atoms with E-state index in [9.17, 15) is 4.79 Å². The number of hydrogen-bond donors (Lipinski definition) is 0. The Morgan fingerprint density at radius 3 is 2.77 bits per heavy atom. The van der Waals surface area contributed by atoms with Gasteiger partial charge in [0, 0.05) is 0 Å². The summed E-state index contributed by atoms with van der Waals surface area (Å²) in [7, 11) is 2.22. The van der Waals surface area contributed by atoms with Crippen LogP contribution in [0.3, 0.4) is 0 Å². The van der Waals surface area contributed by atoms with Gasteiger partial charge in [-0.05, 0) is 13.0 Å². The van der Waals surface area contributed by atoms with Gasteiger partial charge in [-0.15, -0.1) is 0 Å². The molecule has 0 spiro atoms. The second-order valence-electron chi connectivity index (χ2n) is 4.55. The quantitative estimate of drug-likeness (QED) is 0.468. The number of Topliss-reactive ketones (excluding diaryl/α,β-unsaturated/α-hetero) is 1. The van der Waals surface area contributed by atoms with Crippen molar-refractivity contribution >= 4 is 5.78 Å². The lowest BCUT2D eigenvalue weighted by Crippen LogP contribution is -2.58. The Hall–Kier alpha value is -0.630. The molecule has 13 heavy (non-hydrogen) atoms. The van der Waals surface area contributed by atoms with Crippen molar-refractivity contribution in [1.82, 2.24) is 0 Å². The number of likely N-dealkylation sites (N-methyl/N-ethyl adjacent to an activating group) is 1. The van der Waals surface area contributed by atoms with Gasteiger partial charge in [-0.2, -0.15) is 0 Å². The Morgan fingerprint density at radius 1 is 1.62 bits per heavy atom. The van der Waals surface area contributed by atoms with Gasteiger partial charge in [-0.3, -0.25) is 4.79 Å². The lowest BCUT2D eigenvalue weighted by Gasteiger charge is -2.44. The number of piperidine rings is 1. The number of carbonyl (C=O) groups is 1. The number of carbonyl (C=O) groups excluding carboxylic acids is 1. The number of likely N-dealkylation sites (tertiary alicyclic amines) is 1. The molecule has 0 bridgehead atoms. The number of quaternary nitrogens is 1. The first-order valence-corrected chi connectivity index (χ1v) is 4.97. The minimum Gasteiger partial charge on any atom is -0.320 e. The molecule has 0 aromatic carbocycles. The number of rotatable bonds is 2. The number of hydrogen-bond acceptors (Lipinski definition) is 1. The molecule has 0 aromatic rings. The van der Waals surface area contributed by atoms with E-state index in [0.29, 0.717) is 11.8 Å². The zero-order valence-corrected chi connectivity index (χ0v) is 8.92. The van der Waals surface area contributed by atoms with E-state index >= 15 is 0 Å². The first-order valence-electron chi connectivity index (χ1n) is 4.97. The summed E-state index contributed by atoms with van der Waals surface area (Å²) in [5.41, 5.74) is 0. The maximum atomic E-state index is 11.5. The molecule has 1 aliphatic rings. The average molecular weight is 182 g/mol. The summed E-state index contributed by atoms with van der Waals surface area (Å²) in [5.74, 6) is 0.647. The van der Waals surface area contributed by atoms with Gasteiger partial charge in [0.25, 0.3) is 0 Å². The van der Waals surface area contributed by atoms with Crippen molar-refractivity contribution in [2.24, 2.45) is 5.92 Å². The molecule has 0 amide bonds. The summed E-state index contributed by atoms with van der Waals surface area (Å²) < 4.78 is 0.969. The lowest BCUT2D eigenvalue weighted by molar-refractivity contribution is -0.930. The fourth-order valence-corrected chi connectivity index (χ4v) is 2.17. The molecule has 2 heteroatoms. The third-order valence-electron chi connectivity index (χ3n) is 3.35. The SMILES string of the molecule is C=CC[N@+]1(C)C[C@H](C)C(=O)C[C@H]1C. The van der Waals surface area contributed by atoms with Gasteiger partial charge in [0.15, 0.2) is 0 Å². The zero-order chi connectivity index (χ0) is 10.1. The van der Waals surface area contributed by atoms with Crippen molar-refractivity contribution in [2.45, 2.75) is 26.3 Å². The van der Waals surface area contributed by atoms with E-state index in [4.69, 9.17) is 0 Å². The summed E-state index contributed by atoms with van der Waals surface area (Å²) in [6, 6.07) is 0.446. The van der Waals surface area contributed by atoms with Crippen LogP contribution in [-0.2, 0) is 4.79 Å². The fourth-order valence-electron chi connectivity index (χ4n) is 2.17. The van der Waals surface area contributed by atoms with Crippen LogP contribution in [0.2, 0.25) is 0 Å². The van der Waals surface area contributed by atoms with Gasteiger partial charge < -0.3 is 4.48 Å². The molecule has 1 saturated heterocycles.